The van der Waals surface area contributed by atoms with Gasteiger partial charge in [-0.3, -0.25) is 14.4 Å². The van der Waals surface area contributed by atoms with Gasteiger partial charge in [-0.25, -0.2) is 10.1 Å². The molecule has 14 nitrogen and oxygen atoms in total. The van der Waals surface area contributed by atoms with E-state index in [0.29, 0.717) is 22.9 Å². The van der Waals surface area contributed by atoms with Gasteiger partial charge < -0.3 is 38.1 Å². The molecule has 200 valence electrons. The van der Waals surface area contributed by atoms with Crippen LogP contribution in [0.15, 0.2) is 59.8 Å². The van der Waals surface area contributed by atoms with Crippen LogP contribution in [0.1, 0.15) is 40.4 Å². The van der Waals surface area contributed by atoms with Gasteiger partial charge in [-0.1, -0.05) is 42.5 Å². The maximum atomic E-state index is 13.1. The number of benzene rings is 2. The van der Waals surface area contributed by atoms with Crippen molar-refractivity contribution in [1.29, 1.82) is 0 Å². The highest BCUT2D eigenvalue weighted by atomic mass is 16.7. The van der Waals surface area contributed by atoms with Gasteiger partial charge in [-0.2, -0.15) is 0 Å². The van der Waals surface area contributed by atoms with Gasteiger partial charge in [-0.15, -0.1) is 0 Å². The van der Waals surface area contributed by atoms with E-state index in [9.17, 15) is 24.5 Å². The number of primary amides is 1. The first kappa shape index (κ1) is 27.6. The standard InChI is InChI=1S/C24H29N9O5/c25-20(21(26)34)15-9-7-14(8-10-15)12-30-23(36)19(6-3-11-28-24(27)32-33(37)38)31-22(35)17-13-29-18-5-2-1-4-16(17)18/h1-2,4-5,7-10,13,19-20,29H,3,6,11-12,25H2,(H2,26,34)(H,30,36)(H,31,35)(H3,27,28,32)/t19-,20?/m1/s1. The summed E-state index contributed by atoms with van der Waals surface area (Å²) in [4.78, 5) is 50.8. The van der Waals surface area contributed by atoms with Gasteiger partial charge in [0.2, 0.25) is 11.8 Å². The number of fused-ring (bicyclic) bond motifs is 1. The van der Waals surface area contributed by atoms with Crippen molar-refractivity contribution >= 4 is 34.6 Å². The van der Waals surface area contributed by atoms with Crippen LogP contribution in [0.3, 0.4) is 0 Å². The number of para-hydroxylation sites is 1. The molecule has 0 aliphatic heterocycles. The summed E-state index contributed by atoms with van der Waals surface area (Å²) in [5.41, 5.74) is 18.8. The zero-order chi connectivity index (χ0) is 27.7. The molecule has 3 amide bonds. The number of guanidine groups is 1. The van der Waals surface area contributed by atoms with Crippen molar-refractivity contribution in [3.8, 4) is 0 Å². The summed E-state index contributed by atoms with van der Waals surface area (Å²) in [7, 11) is 0. The summed E-state index contributed by atoms with van der Waals surface area (Å²) in [5.74, 6) is -1.88. The third kappa shape index (κ3) is 7.51. The van der Waals surface area contributed by atoms with E-state index < -0.39 is 34.8 Å². The molecule has 0 aliphatic carbocycles. The average molecular weight is 524 g/mol. The number of hydrogen-bond donors (Lipinski definition) is 7. The number of hydrogen-bond acceptors (Lipinski definition) is 6. The Balaban J connectivity index is 1.66. The van der Waals surface area contributed by atoms with Crippen molar-refractivity contribution in [2.45, 2.75) is 31.5 Å². The number of H-pyrrole nitrogens is 1. The minimum atomic E-state index is -0.930. The number of nitrogens with one attached hydrogen (secondary N) is 4. The van der Waals surface area contributed by atoms with Gasteiger partial charge in [0.25, 0.3) is 11.9 Å². The lowest BCUT2D eigenvalue weighted by atomic mass is 10.0. The summed E-state index contributed by atoms with van der Waals surface area (Å²) < 4.78 is 0. The number of nitrogens with two attached hydrogens (primary N) is 3. The van der Waals surface area contributed by atoms with Crippen molar-refractivity contribution in [3.05, 3.63) is 81.5 Å². The Morgan fingerprint density at radius 1 is 1.05 bits per heavy atom. The summed E-state index contributed by atoms with van der Waals surface area (Å²) >= 11 is 0. The molecule has 0 aliphatic rings. The number of amides is 3. The van der Waals surface area contributed by atoms with Crippen molar-refractivity contribution < 1.29 is 19.4 Å². The van der Waals surface area contributed by atoms with Crippen molar-refractivity contribution in [2.24, 2.45) is 22.3 Å². The number of nitro groups is 1. The normalized spacial score (nSPS) is 12.9. The van der Waals surface area contributed by atoms with E-state index in [1.165, 1.54) is 0 Å². The first-order valence-corrected chi connectivity index (χ1v) is 11.7. The molecule has 3 rings (SSSR count). The molecule has 1 unspecified atom stereocenters. The number of carbonyl (C=O) groups is 3. The van der Waals surface area contributed by atoms with Gasteiger partial charge in [0, 0.05) is 30.2 Å². The highest BCUT2D eigenvalue weighted by molar-refractivity contribution is 6.07. The van der Waals surface area contributed by atoms with Crippen LogP contribution < -0.4 is 33.2 Å². The molecular weight excluding hydrogens is 494 g/mol. The lowest BCUT2D eigenvalue weighted by Gasteiger charge is -2.19. The first-order valence-electron chi connectivity index (χ1n) is 11.7. The minimum Gasteiger partial charge on any atom is -0.368 e. The second-order valence-electron chi connectivity index (χ2n) is 8.41. The average Bonchev–Trinajstić information content (AvgIpc) is 3.32. The third-order valence-electron chi connectivity index (χ3n) is 5.73. The van der Waals surface area contributed by atoms with Gasteiger partial charge in [0.1, 0.15) is 17.2 Å². The van der Waals surface area contributed by atoms with E-state index in [-0.39, 0.29) is 25.5 Å². The van der Waals surface area contributed by atoms with Gasteiger partial charge in [0.05, 0.1) is 5.56 Å². The molecule has 1 heterocycles. The van der Waals surface area contributed by atoms with E-state index in [4.69, 9.17) is 17.2 Å². The molecule has 10 N–H and O–H groups in total. The Hall–Kier alpha value is -4.98. The topological polar surface area (TPSA) is 237 Å². The number of nitrogens with zero attached hydrogens (tertiary/aromatic N) is 2. The van der Waals surface area contributed by atoms with Gasteiger partial charge in [0.15, 0.2) is 5.03 Å². The summed E-state index contributed by atoms with van der Waals surface area (Å²) in [5, 5.41) is 21.3. The molecule has 0 saturated carbocycles. The Morgan fingerprint density at radius 2 is 1.76 bits per heavy atom. The van der Waals surface area contributed by atoms with E-state index >= 15 is 0 Å². The minimum absolute atomic E-state index is 0.158. The van der Waals surface area contributed by atoms with Crippen LogP contribution in [-0.2, 0) is 16.1 Å². The lowest BCUT2D eigenvalue weighted by Crippen LogP contribution is -2.47. The molecular formula is C24H29N9O5. The van der Waals surface area contributed by atoms with Crippen LogP contribution in [0, 0.1) is 10.1 Å². The van der Waals surface area contributed by atoms with E-state index in [1.807, 2.05) is 12.1 Å². The highest BCUT2D eigenvalue weighted by Gasteiger charge is 2.23. The quantitative estimate of drug-likeness (QED) is 0.0557. The lowest BCUT2D eigenvalue weighted by molar-refractivity contribution is -0.485. The number of aromatic nitrogens is 1. The van der Waals surface area contributed by atoms with Crippen LogP contribution in [0.4, 0.5) is 0 Å². The Morgan fingerprint density at radius 3 is 2.45 bits per heavy atom. The molecule has 2 aromatic carbocycles. The predicted octanol–water partition coefficient (Wildman–Crippen LogP) is -0.0560. The molecule has 14 heteroatoms. The van der Waals surface area contributed by atoms with Crippen molar-refractivity contribution in [2.75, 3.05) is 6.54 Å². The molecule has 1 aromatic heterocycles. The zero-order valence-corrected chi connectivity index (χ0v) is 20.3. The smallest absolute Gasteiger partial charge is 0.266 e. The second-order valence-corrected chi connectivity index (χ2v) is 8.41. The van der Waals surface area contributed by atoms with Crippen LogP contribution in [0.5, 0.6) is 0 Å². The number of rotatable bonds is 12. The summed E-state index contributed by atoms with van der Waals surface area (Å²) in [6.07, 6.45) is 2.13. The highest BCUT2D eigenvalue weighted by Crippen LogP contribution is 2.18. The van der Waals surface area contributed by atoms with Crippen LogP contribution in [0.2, 0.25) is 0 Å². The molecule has 0 bridgehead atoms. The van der Waals surface area contributed by atoms with E-state index in [1.54, 1.807) is 42.6 Å². The maximum absolute atomic E-state index is 13.1. The monoisotopic (exact) mass is 523 g/mol. The molecule has 0 fully saturated rings. The zero-order valence-electron chi connectivity index (χ0n) is 20.3. The maximum Gasteiger partial charge on any atom is 0.266 e. The first-order chi connectivity index (χ1) is 18.2. The molecule has 38 heavy (non-hydrogen) atoms. The molecule has 0 spiro atoms. The summed E-state index contributed by atoms with van der Waals surface area (Å²) in [6, 6.07) is 12.2. The Bertz CT molecular complexity index is 1340. The molecule has 3 aromatic rings. The molecule has 0 saturated heterocycles. The summed E-state index contributed by atoms with van der Waals surface area (Å²) in [6.45, 7) is 0.350. The largest absolute Gasteiger partial charge is 0.368 e. The number of carbonyl (C=O) groups excluding carboxylic acids is 3. The van der Waals surface area contributed by atoms with E-state index in [2.05, 4.69) is 26.0 Å². The fraction of sp³-hybridized carbons (Fsp3) is 0.250. The number of hydrazone groups is 1. The van der Waals surface area contributed by atoms with Crippen LogP contribution in [-0.4, -0.2) is 46.3 Å². The predicted molar refractivity (Wildman–Crippen MR) is 140 cm³/mol. The van der Waals surface area contributed by atoms with Gasteiger partial charge >= 0.3 is 0 Å². The Labute approximate surface area is 217 Å². The van der Waals surface area contributed by atoms with E-state index in [0.717, 1.165) is 11.1 Å². The molecule has 2 atom stereocenters. The van der Waals surface area contributed by atoms with Crippen molar-refractivity contribution in [1.82, 2.24) is 20.9 Å². The SMILES string of the molecule is NC(=O)C(N)c1ccc(CNC(=O)[C@@H](CCCN/C(N)=N\[N+](=O)[O-])NC(=O)c2c[nH]c3ccccc23)cc1. The molecule has 0 radical (unpaired) electrons. The van der Waals surface area contributed by atoms with Crippen LogP contribution in [0.25, 0.3) is 10.9 Å². The Kier molecular flexibility index (Phi) is 9.31. The van der Waals surface area contributed by atoms with Crippen LogP contribution >= 0.6 is 0 Å². The fourth-order valence-corrected chi connectivity index (χ4v) is 3.73. The van der Waals surface area contributed by atoms with Crippen molar-refractivity contribution in [3.63, 3.8) is 0 Å². The third-order valence-corrected chi connectivity index (χ3v) is 5.73. The van der Waals surface area contributed by atoms with Gasteiger partial charge in [-0.05, 0) is 30.0 Å². The second kappa shape index (κ2) is 12.8. The fourth-order valence-electron chi connectivity index (χ4n) is 3.73. The number of aromatic amines is 1.